The van der Waals surface area contributed by atoms with Crippen molar-refractivity contribution >= 4 is 0 Å². The average Bonchev–Trinajstić information content (AvgIpc) is 2.39. The van der Waals surface area contributed by atoms with Crippen molar-refractivity contribution in [1.29, 1.82) is 0 Å². The molecule has 0 heterocycles. The van der Waals surface area contributed by atoms with E-state index in [4.69, 9.17) is 0 Å². The van der Waals surface area contributed by atoms with Crippen molar-refractivity contribution in [2.75, 3.05) is 54.4 Å². The maximum Gasteiger partial charge on any atom is 0 e. The molecule has 0 fully saturated rings. The molecule has 0 aliphatic heterocycles. The van der Waals surface area contributed by atoms with Crippen LogP contribution in [0, 0.1) is 0 Å². The molecule has 0 bridgehead atoms. The molecule has 114 valence electrons. The minimum atomic E-state index is 0. The van der Waals surface area contributed by atoms with Crippen LogP contribution in [-0.4, -0.2) is 54.4 Å². The van der Waals surface area contributed by atoms with Crippen molar-refractivity contribution in [1.82, 2.24) is 0 Å². The van der Waals surface area contributed by atoms with Gasteiger partial charge < -0.3 is 21.3 Å². The second-order valence-electron chi connectivity index (χ2n) is 2.53. The summed E-state index contributed by atoms with van der Waals surface area (Å²) in [7, 11) is 7.22. The topological polar surface area (TPSA) is 56.4 Å². The first-order valence-electron chi connectivity index (χ1n) is 5.88. The van der Waals surface area contributed by atoms with Crippen molar-refractivity contribution < 1.29 is 16.5 Å². The van der Waals surface area contributed by atoms with Gasteiger partial charge in [0.25, 0.3) is 0 Å². The maximum atomic E-state index is 3.74. The molecule has 0 aromatic carbocycles. The quantitative estimate of drug-likeness (QED) is 0.702. The predicted molar refractivity (Wildman–Crippen MR) is 79.3 cm³/mol. The van der Waals surface area contributed by atoms with Crippen LogP contribution in [0.15, 0.2) is 0 Å². The maximum absolute atomic E-state index is 3.74. The SMILES string of the molecule is CC[N-]C.CC[N-]C.CC[N-]C.CC[N-]C.[Ni]. The second-order valence-corrected chi connectivity index (χ2v) is 2.53. The minimum Gasteiger partial charge on any atom is -0.665 e. The van der Waals surface area contributed by atoms with Gasteiger partial charge in [-0.1, -0.05) is 27.7 Å². The first-order valence-corrected chi connectivity index (χ1v) is 5.88. The zero-order chi connectivity index (χ0) is 13.7. The van der Waals surface area contributed by atoms with Crippen molar-refractivity contribution in [2.45, 2.75) is 27.7 Å². The van der Waals surface area contributed by atoms with E-state index in [0.717, 1.165) is 26.2 Å². The van der Waals surface area contributed by atoms with Crippen LogP contribution < -0.4 is 0 Å². The molecule has 0 aromatic heterocycles. The predicted octanol–water partition coefficient (Wildman–Crippen LogP) is 4.04. The molecule has 0 N–H and O–H groups in total. The Hall–Kier alpha value is 0.334. The summed E-state index contributed by atoms with van der Waals surface area (Å²) in [6.45, 7) is 11.8. The molecular weight excluding hydrogens is 259 g/mol. The van der Waals surface area contributed by atoms with Crippen LogP contribution in [0.1, 0.15) is 27.7 Å². The fraction of sp³-hybridized carbons (Fsp3) is 1.00. The van der Waals surface area contributed by atoms with E-state index in [2.05, 4.69) is 21.3 Å². The molecule has 0 saturated heterocycles. The van der Waals surface area contributed by atoms with Gasteiger partial charge in [-0.3, -0.25) is 0 Å². The largest absolute Gasteiger partial charge is 0.665 e. The Balaban J connectivity index is -0.0000000369. The summed E-state index contributed by atoms with van der Waals surface area (Å²) >= 11 is 0. The van der Waals surface area contributed by atoms with E-state index in [1.807, 2.05) is 27.7 Å². The van der Waals surface area contributed by atoms with Crippen LogP contribution in [0.3, 0.4) is 0 Å². The van der Waals surface area contributed by atoms with Crippen LogP contribution in [0.25, 0.3) is 21.3 Å². The monoisotopic (exact) mass is 290 g/mol. The summed E-state index contributed by atoms with van der Waals surface area (Å²) in [4.78, 5) is 0. The van der Waals surface area contributed by atoms with E-state index in [1.165, 1.54) is 0 Å². The summed E-state index contributed by atoms with van der Waals surface area (Å²) in [5.41, 5.74) is 0. The van der Waals surface area contributed by atoms with Gasteiger partial charge in [-0.15, -0.1) is 0 Å². The van der Waals surface area contributed by atoms with Crippen LogP contribution >= 0.6 is 0 Å². The molecule has 0 saturated carbocycles. The Morgan fingerprint density at radius 1 is 0.471 bits per heavy atom. The third-order valence-corrected chi connectivity index (χ3v) is 1.26. The van der Waals surface area contributed by atoms with E-state index in [1.54, 1.807) is 28.2 Å². The van der Waals surface area contributed by atoms with Gasteiger partial charge in [0, 0.05) is 16.5 Å². The van der Waals surface area contributed by atoms with Crippen LogP contribution in [0.2, 0.25) is 0 Å². The number of hydrogen-bond donors (Lipinski definition) is 0. The van der Waals surface area contributed by atoms with Gasteiger partial charge in [0.2, 0.25) is 0 Å². The normalized spacial score (nSPS) is 7.06. The van der Waals surface area contributed by atoms with Crippen molar-refractivity contribution in [2.24, 2.45) is 0 Å². The van der Waals surface area contributed by atoms with E-state index in [0.29, 0.717) is 0 Å². The number of hydrogen-bond acceptors (Lipinski definition) is 0. The molecule has 0 spiro atoms. The fourth-order valence-electron chi connectivity index (χ4n) is 0. The van der Waals surface area contributed by atoms with Gasteiger partial charge >= 0.3 is 0 Å². The molecule has 0 radical (unpaired) electrons. The Morgan fingerprint density at radius 3 is 0.529 bits per heavy atom. The third kappa shape index (κ3) is 179. The Bertz CT molecular complexity index is 42.5. The van der Waals surface area contributed by atoms with E-state index >= 15 is 0 Å². The molecule has 17 heavy (non-hydrogen) atoms. The molecule has 0 rings (SSSR count). The summed E-state index contributed by atoms with van der Waals surface area (Å²) in [5, 5.41) is 14.9. The summed E-state index contributed by atoms with van der Waals surface area (Å²) in [6.07, 6.45) is 0. The van der Waals surface area contributed by atoms with Gasteiger partial charge in [-0.25, -0.2) is 0 Å². The number of nitrogens with zero attached hydrogens (tertiary/aromatic N) is 4. The molecule has 0 atom stereocenters. The molecule has 0 aliphatic carbocycles. The van der Waals surface area contributed by atoms with Gasteiger partial charge in [0.1, 0.15) is 0 Å². The Morgan fingerprint density at radius 2 is 0.529 bits per heavy atom. The molecule has 0 amide bonds. The van der Waals surface area contributed by atoms with E-state index < -0.39 is 0 Å². The Kier molecular flexibility index (Phi) is 98.9. The Labute approximate surface area is 120 Å². The zero-order valence-corrected chi connectivity index (χ0v) is 13.9. The number of rotatable bonds is 4. The summed E-state index contributed by atoms with van der Waals surface area (Å²) in [5.74, 6) is 0. The molecule has 0 aromatic rings. The van der Waals surface area contributed by atoms with Gasteiger partial charge in [0.05, 0.1) is 0 Å². The third-order valence-electron chi connectivity index (χ3n) is 1.26. The standard InChI is InChI=1S/4C3H8N.Ni/c4*1-3-4-2;/h4*3H2,1-2H3;/q4*-1;. The first kappa shape index (κ1) is 30.4. The first-order chi connectivity index (χ1) is 7.66. The molecule has 0 unspecified atom stereocenters. The zero-order valence-electron chi connectivity index (χ0n) is 12.9. The van der Waals surface area contributed by atoms with Gasteiger partial charge in [0.15, 0.2) is 0 Å². The van der Waals surface area contributed by atoms with E-state index in [9.17, 15) is 0 Å². The van der Waals surface area contributed by atoms with Crippen LogP contribution in [-0.2, 0) is 16.5 Å². The van der Waals surface area contributed by atoms with Gasteiger partial charge in [-0.05, 0) is 0 Å². The smallest absolute Gasteiger partial charge is 0 e. The van der Waals surface area contributed by atoms with Crippen LogP contribution in [0.5, 0.6) is 0 Å². The van der Waals surface area contributed by atoms with Crippen molar-refractivity contribution in [3.63, 3.8) is 0 Å². The van der Waals surface area contributed by atoms with E-state index in [-0.39, 0.29) is 16.5 Å². The molecular formula is C12H32N4Ni-4. The molecule has 0 aliphatic rings. The minimum absolute atomic E-state index is 0. The summed E-state index contributed by atoms with van der Waals surface area (Å²) in [6, 6.07) is 0. The van der Waals surface area contributed by atoms with Crippen molar-refractivity contribution in [3.8, 4) is 0 Å². The molecule has 5 heteroatoms. The molecule has 4 nitrogen and oxygen atoms in total. The van der Waals surface area contributed by atoms with Crippen LogP contribution in [0.4, 0.5) is 0 Å². The fourth-order valence-corrected chi connectivity index (χ4v) is 0. The average molecular weight is 291 g/mol. The van der Waals surface area contributed by atoms with Crippen molar-refractivity contribution in [3.05, 3.63) is 21.3 Å². The summed E-state index contributed by atoms with van der Waals surface area (Å²) < 4.78 is 0. The second kappa shape index (κ2) is 55.3. The van der Waals surface area contributed by atoms with Gasteiger partial charge in [-0.2, -0.15) is 54.4 Å².